The summed E-state index contributed by atoms with van der Waals surface area (Å²) >= 11 is 3.73. The zero-order valence-electron chi connectivity index (χ0n) is 27.9. The number of amides is 3. The van der Waals surface area contributed by atoms with Gasteiger partial charge in [-0.15, -0.1) is 13.2 Å². The molecule has 1 N–H and O–H groups in total. The van der Waals surface area contributed by atoms with Crippen LogP contribution in [0.5, 0.6) is 0 Å². The minimum absolute atomic E-state index is 0.0328. The lowest BCUT2D eigenvalue weighted by molar-refractivity contribution is -0.164. The third-order valence-electron chi connectivity index (χ3n) is 9.92. The molecule has 1 unspecified atom stereocenters. The van der Waals surface area contributed by atoms with Gasteiger partial charge in [0.05, 0.1) is 24.0 Å². The molecule has 0 aromatic heterocycles. The number of rotatable bonds is 18. The number of unbranched alkanes of at least 4 members (excludes halogenated alkanes) is 2. The molecule has 1 aromatic rings. The molecule has 3 aliphatic heterocycles. The second-order valence-electron chi connectivity index (χ2n) is 12.9. The molecule has 10 nitrogen and oxygen atoms in total. The Morgan fingerprint density at radius 2 is 1.91 bits per heavy atom. The lowest BCUT2D eigenvalue weighted by atomic mass is 9.70. The fourth-order valence-corrected chi connectivity index (χ4v) is 8.35. The monoisotopic (exact) mass is 715 g/mol. The first-order chi connectivity index (χ1) is 22.6. The Bertz CT molecular complexity index is 1290. The molecule has 3 saturated heterocycles. The molecule has 258 valence electrons. The largest absolute Gasteiger partial charge is 0.455 e. The summed E-state index contributed by atoms with van der Waals surface area (Å²) < 4.78 is 13.0. The summed E-state index contributed by atoms with van der Waals surface area (Å²) in [6.07, 6.45) is 5.76. The number of alkyl halides is 1. The number of ether oxygens (including phenoxy) is 2. The number of esters is 1. The molecule has 4 rings (SSSR count). The number of aliphatic hydroxyl groups is 1. The smallest absolute Gasteiger partial charge is 0.313 e. The van der Waals surface area contributed by atoms with Crippen LogP contribution in [-0.2, 0) is 28.7 Å². The number of hydrogen-bond donors (Lipinski definition) is 1. The van der Waals surface area contributed by atoms with Gasteiger partial charge in [-0.05, 0) is 44.6 Å². The topological polar surface area (TPSA) is 117 Å². The van der Waals surface area contributed by atoms with Gasteiger partial charge in [0, 0.05) is 44.5 Å². The fourth-order valence-electron chi connectivity index (χ4n) is 7.41. The molecule has 2 bridgehead atoms. The molecule has 3 heterocycles. The van der Waals surface area contributed by atoms with Crippen LogP contribution in [0.15, 0.2) is 55.6 Å². The zero-order valence-corrected chi connectivity index (χ0v) is 29.5. The summed E-state index contributed by atoms with van der Waals surface area (Å²) in [7, 11) is 1.69. The van der Waals surface area contributed by atoms with E-state index in [1.807, 2.05) is 37.3 Å². The second kappa shape index (κ2) is 16.4. The van der Waals surface area contributed by atoms with Crippen molar-refractivity contribution in [3.63, 3.8) is 0 Å². The minimum atomic E-state index is -1.22. The average molecular weight is 717 g/mol. The molecule has 3 aliphatic rings. The number of fused-ring (bicyclic) bond motifs is 1. The normalized spacial score (nSPS) is 27.2. The van der Waals surface area contributed by atoms with Gasteiger partial charge in [0.2, 0.25) is 17.7 Å². The molecule has 3 amide bonds. The lowest BCUT2D eigenvalue weighted by Gasteiger charge is -2.37. The Hall–Kier alpha value is -3.02. The maximum absolute atomic E-state index is 14.4. The molecular formula is C36H50BrN3O7. The first-order valence-electron chi connectivity index (χ1n) is 16.8. The number of nitrogens with zero attached hydrogens (tertiary/aromatic N) is 3. The highest BCUT2D eigenvalue weighted by molar-refractivity contribution is 9.09. The van der Waals surface area contributed by atoms with Gasteiger partial charge >= 0.3 is 5.97 Å². The lowest BCUT2D eigenvalue weighted by Crippen LogP contribution is -2.57. The second-order valence-corrected chi connectivity index (χ2v) is 14.1. The van der Waals surface area contributed by atoms with Crippen LogP contribution in [0.1, 0.15) is 70.5 Å². The number of halogens is 1. The van der Waals surface area contributed by atoms with Crippen LogP contribution >= 0.6 is 15.9 Å². The van der Waals surface area contributed by atoms with Crippen LogP contribution in [0.25, 0.3) is 0 Å². The van der Waals surface area contributed by atoms with Gasteiger partial charge in [0.25, 0.3) is 0 Å². The van der Waals surface area contributed by atoms with E-state index in [9.17, 15) is 24.3 Å². The third kappa shape index (κ3) is 7.37. The summed E-state index contributed by atoms with van der Waals surface area (Å²) in [6, 6.07) is 7.83. The number of allylic oxidation sites excluding steroid dienone is 1. The highest BCUT2D eigenvalue weighted by atomic mass is 79.9. The third-order valence-corrected chi connectivity index (χ3v) is 10.8. The highest BCUT2D eigenvalue weighted by Crippen LogP contribution is 2.60. The summed E-state index contributed by atoms with van der Waals surface area (Å²) in [4.78, 5) is 60.7. The number of aliphatic hydroxyl groups excluding tert-OH is 1. The van der Waals surface area contributed by atoms with Crippen molar-refractivity contribution >= 4 is 39.6 Å². The number of likely N-dealkylation sites (N-methyl/N-ethyl adjacent to an activating group) is 1. The number of carbonyl (C=O) groups is 4. The number of hydrogen-bond acceptors (Lipinski definition) is 7. The Kier molecular flexibility index (Phi) is 12.8. The summed E-state index contributed by atoms with van der Waals surface area (Å²) in [5, 5.41) is 9.48. The molecule has 1 spiro atoms. The van der Waals surface area contributed by atoms with Crippen LogP contribution in [0.4, 0.5) is 0 Å². The van der Waals surface area contributed by atoms with Crippen LogP contribution in [0.3, 0.4) is 0 Å². The van der Waals surface area contributed by atoms with Gasteiger partial charge in [0.1, 0.15) is 17.7 Å². The summed E-state index contributed by atoms with van der Waals surface area (Å²) in [6.45, 7) is 12.5. The van der Waals surface area contributed by atoms with Crippen molar-refractivity contribution in [3.8, 4) is 0 Å². The molecule has 47 heavy (non-hydrogen) atoms. The predicted molar refractivity (Wildman–Crippen MR) is 182 cm³/mol. The van der Waals surface area contributed by atoms with Crippen LogP contribution in [0.2, 0.25) is 0 Å². The Morgan fingerprint density at radius 1 is 1.19 bits per heavy atom. The van der Waals surface area contributed by atoms with E-state index in [-0.39, 0.29) is 42.1 Å². The maximum atomic E-state index is 14.4. The van der Waals surface area contributed by atoms with Crippen molar-refractivity contribution in [3.05, 3.63) is 61.2 Å². The quantitative estimate of drug-likeness (QED) is 0.104. The van der Waals surface area contributed by atoms with Gasteiger partial charge in [-0.2, -0.15) is 0 Å². The molecule has 11 heteroatoms. The zero-order chi connectivity index (χ0) is 34.3. The van der Waals surface area contributed by atoms with Crippen LogP contribution < -0.4 is 0 Å². The molecule has 0 saturated carbocycles. The predicted octanol–water partition coefficient (Wildman–Crippen LogP) is 4.42. The van der Waals surface area contributed by atoms with Crippen molar-refractivity contribution in [2.45, 2.75) is 93.5 Å². The van der Waals surface area contributed by atoms with E-state index in [1.165, 1.54) is 0 Å². The van der Waals surface area contributed by atoms with E-state index in [0.29, 0.717) is 38.8 Å². The Morgan fingerprint density at radius 3 is 2.55 bits per heavy atom. The van der Waals surface area contributed by atoms with Crippen molar-refractivity contribution in [1.82, 2.24) is 14.7 Å². The van der Waals surface area contributed by atoms with E-state index in [2.05, 4.69) is 36.0 Å². The fraction of sp³-hybridized carbons (Fsp3) is 0.611. The molecule has 8 atom stereocenters. The van der Waals surface area contributed by atoms with Crippen molar-refractivity contribution in [1.29, 1.82) is 0 Å². The van der Waals surface area contributed by atoms with Crippen LogP contribution in [-0.4, -0.2) is 105 Å². The van der Waals surface area contributed by atoms with E-state index < -0.39 is 47.7 Å². The Labute approximate surface area is 287 Å². The van der Waals surface area contributed by atoms with E-state index in [0.717, 1.165) is 18.4 Å². The van der Waals surface area contributed by atoms with Crippen molar-refractivity contribution < 1.29 is 33.8 Å². The van der Waals surface area contributed by atoms with E-state index in [1.54, 1.807) is 33.9 Å². The average Bonchev–Trinajstić information content (AvgIpc) is 3.66. The highest BCUT2D eigenvalue weighted by Gasteiger charge is 2.77. The number of likely N-dealkylation sites (tertiary alicyclic amines) is 1. The summed E-state index contributed by atoms with van der Waals surface area (Å²) in [5.41, 5.74) is -0.495. The van der Waals surface area contributed by atoms with Crippen molar-refractivity contribution in [2.24, 2.45) is 11.8 Å². The van der Waals surface area contributed by atoms with E-state index in [4.69, 9.17) is 9.47 Å². The molecule has 1 aromatic carbocycles. The number of carbonyl (C=O) groups excluding carboxylic acids is 4. The first-order valence-corrected chi connectivity index (χ1v) is 17.7. The molecule has 3 fully saturated rings. The van der Waals surface area contributed by atoms with Gasteiger partial charge in [-0.3, -0.25) is 19.2 Å². The Balaban J connectivity index is 1.69. The minimum Gasteiger partial charge on any atom is -0.455 e. The van der Waals surface area contributed by atoms with Gasteiger partial charge in [0.15, 0.2) is 0 Å². The van der Waals surface area contributed by atoms with E-state index >= 15 is 0 Å². The van der Waals surface area contributed by atoms with Crippen molar-refractivity contribution in [2.75, 3.05) is 33.3 Å². The molecule has 0 aliphatic carbocycles. The van der Waals surface area contributed by atoms with Gasteiger partial charge < -0.3 is 29.3 Å². The SMILES string of the molecule is C=CCCC(=O)N(C)[C@@H](C)[C@@H](OC(=O)[C@@H]1[C@H]2O[C@@]3(CC2Br)[C@H](C(=O)N(CC=C)CCCC)N(CCCCO)C(=O)[C@@H]13)c1ccccc1. The summed E-state index contributed by atoms with van der Waals surface area (Å²) in [5.74, 6) is -3.09. The number of benzene rings is 1. The van der Waals surface area contributed by atoms with Gasteiger partial charge in [-0.25, -0.2) is 0 Å². The van der Waals surface area contributed by atoms with Gasteiger partial charge in [-0.1, -0.05) is 71.8 Å². The molecule has 0 radical (unpaired) electrons. The first kappa shape index (κ1) is 36.8. The van der Waals surface area contributed by atoms with Crippen LogP contribution in [0, 0.1) is 11.8 Å². The molecular weight excluding hydrogens is 666 g/mol. The maximum Gasteiger partial charge on any atom is 0.313 e. The standard InChI is InChI=1S/C36H50BrN3O7/c1-6-9-18-27(42)38(5)24(4)30(25-16-12-11-13-17-25)46-35(45)28-29-33(43)40(21-14-15-22-41)32(36(29)23-26(37)31(28)47-36)34(44)39(19-8-3)20-10-7-2/h6,8,11-13,16-17,24,26,28-32,41H,1,3,7,9-10,14-15,18-23H2,2,4-5H3/t24-,26?,28-,29+,30+,31-,32-,36+/m0/s1.